The van der Waals surface area contributed by atoms with E-state index >= 15 is 0 Å². The van der Waals surface area contributed by atoms with Gasteiger partial charge in [0.05, 0.1) is 12.1 Å². The second-order valence-electron chi connectivity index (χ2n) is 6.76. The number of hydrogen-bond acceptors (Lipinski definition) is 2. The Morgan fingerprint density at radius 3 is 2.50 bits per heavy atom. The number of nitrogens with zero attached hydrogens (tertiary/aromatic N) is 1. The summed E-state index contributed by atoms with van der Waals surface area (Å²) in [6.45, 7) is 0.279. The summed E-state index contributed by atoms with van der Waals surface area (Å²) in [6.07, 6.45) is 1.75. The Morgan fingerprint density at radius 1 is 1.00 bits per heavy atom. The number of hydrogen-bond donors (Lipinski definition) is 1. The molecule has 1 N–H and O–H groups in total. The largest absolute Gasteiger partial charge is 0.488 e. The molecule has 0 amide bonds. The molecule has 7 heteroatoms. The summed E-state index contributed by atoms with van der Waals surface area (Å²) < 4.78 is 35.0. The van der Waals surface area contributed by atoms with Crippen LogP contribution in [0.3, 0.4) is 0 Å². The summed E-state index contributed by atoms with van der Waals surface area (Å²) in [4.78, 5) is 11.4. The zero-order valence-corrected chi connectivity index (χ0v) is 16.4. The Kier molecular flexibility index (Phi) is 5.42. The lowest BCUT2D eigenvalue weighted by Gasteiger charge is -2.14. The first-order valence-corrected chi connectivity index (χ1v) is 9.46. The fourth-order valence-corrected chi connectivity index (χ4v) is 3.53. The molecule has 0 unspecified atom stereocenters. The van der Waals surface area contributed by atoms with Crippen LogP contribution in [0.2, 0.25) is 5.02 Å². The number of carboxylic acids is 1. The highest BCUT2D eigenvalue weighted by Gasteiger charge is 2.13. The van der Waals surface area contributed by atoms with Gasteiger partial charge in [-0.3, -0.25) is 0 Å². The number of aromatic nitrogens is 1. The topological polar surface area (TPSA) is 51.5 Å². The van der Waals surface area contributed by atoms with Gasteiger partial charge in [-0.1, -0.05) is 17.7 Å². The Hall–Kier alpha value is -3.38. The van der Waals surface area contributed by atoms with E-state index in [1.54, 1.807) is 24.4 Å². The van der Waals surface area contributed by atoms with Crippen molar-refractivity contribution in [2.75, 3.05) is 0 Å². The molecule has 0 saturated heterocycles. The standard InChI is InChI=1S/C23H16ClF2NO3/c24-20-6-4-16(25)11-15(20)13-30-22-7-5-17(26)10-14(22)12-27-9-8-18-19(23(28)29)2-1-3-21(18)27/h1-11H,12-13H2,(H,28,29). The van der Waals surface area contributed by atoms with Crippen LogP contribution in [0, 0.1) is 11.6 Å². The molecule has 0 radical (unpaired) electrons. The van der Waals surface area contributed by atoms with E-state index in [1.165, 1.54) is 42.5 Å². The molecule has 3 aromatic carbocycles. The van der Waals surface area contributed by atoms with Crippen molar-refractivity contribution in [3.8, 4) is 5.75 Å². The van der Waals surface area contributed by atoms with E-state index in [0.717, 1.165) is 0 Å². The Bertz CT molecular complexity index is 1250. The molecule has 1 aromatic heterocycles. The van der Waals surface area contributed by atoms with Crippen molar-refractivity contribution in [2.45, 2.75) is 13.2 Å². The van der Waals surface area contributed by atoms with Crippen LogP contribution in [0.4, 0.5) is 8.78 Å². The molecule has 30 heavy (non-hydrogen) atoms. The Balaban J connectivity index is 1.64. The monoisotopic (exact) mass is 427 g/mol. The van der Waals surface area contributed by atoms with Crippen LogP contribution in [-0.2, 0) is 13.2 Å². The molecule has 0 aliphatic carbocycles. The highest BCUT2D eigenvalue weighted by Crippen LogP contribution is 2.27. The predicted octanol–water partition coefficient (Wildman–Crippen LogP) is 5.90. The van der Waals surface area contributed by atoms with Gasteiger partial charge in [0.1, 0.15) is 24.0 Å². The third-order valence-corrected chi connectivity index (χ3v) is 5.17. The zero-order chi connectivity index (χ0) is 21.3. The van der Waals surface area contributed by atoms with E-state index < -0.39 is 17.6 Å². The third-order valence-electron chi connectivity index (χ3n) is 4.80. The lowest BCUT2D eigenvalue weighted by Crippen LogP contribution is -2.04. The number of halogens is 3. The van der Waals surface area contributed by atoms with E-state index in [0.29, 0.717) is 32.8 Å². The van der Waals surface area contributed by atoms with Gasteiger partial charge in [0, 0.05) is 33.2 Å². The molecular weight excluding hydrogens is 412 g/mol. The van der Waals surface area contributed by atoms with Gasteiger partial charge in [-0.2, -0.15) is 0 Å². The average Bonchev–Trinajstić information content (AvgIpc) is 3.12. The number of fused-ring (bicyclic) bond motifs is 1. The van der Waals surface area contributed by atoms with Crippen molar-refractivity contribution in [3.05, 3.63) is 100 Å². The highest BCUT2D eigenvalue weighted by molar-refractivity contribution is 6.31. The maximum absolute atomic E-state index is 13.9. The molecule has 152 valence electrons. The summed E-state index contributed by atoms with van der Waals surface area (Å²) in [5.74, 6) is -1.44. The van der Waals surface area contributed by atoms with Gasteiger partial charge in [0.15, 0.2) is 0 Å². The first-order chi connectivity index (χ1) is 14.4. The number of carbonyl (C=O) groups is 1. The van der Waals surface area contributed by atoms with Crippen LogP contribution >= 0.6 is 11.6 Å². The van der Waals surface area contributed by atoms with Gasteiger partial charge in [-0.25, -0.2) is 13.6 Å². The molecule has 4 aromatic rings. The zero-order valence-electron chi connectivity index (χ0n) is 15.6. The van der Waals surface area contributed by atoms with E-state index in [2.05, 4.69) is 0 Å². The number of rotatable bonds is 6. The maximum atomic E-state index is 13.9. The highest BCUT2D eigenvalue weighted by atomic mass is 35.5. The van der Waals surface area contributed by atoms with Gasteiger partial charge >= 0.3 is 5.97 Å². The first kappa shape index (κ1) is 19.9. The number of benzene rings is 3. The molecule has 0 atom stereocenters. The van der Waals surface area contributed by atoms with Crippen molar-refractivity contribution in [1.82, 2.24) is 4.57 Å². The second-order valence-corrected chi connectivity index (χ2v) is 7.17. The fraction of sp³-hybridized carbons (Fsp3) is 0.0870. The molecule has 0 spiro atoms. The smallest absolute Gasteiger partial charge is 0.336 e. The SMILES string of the molecule is O=C(O)c1cccc2c1ccn2Cc1cc(F)ccc1OCc1cc(F)ccc1Cl. The molecule has 4 nitrogen and oxygen atoms in total. The van der Waals surface area contributed by atoms with Crippen molar-refractivity contribution < 1.29 is 23.4 Å². The van der Waals surface area contributed by atoms with Gasteiger partial charge in [-0.05, 0) is 54.6 Å². The summed E-state index contributed by atoms with van der Waals surface area (Å²) in [6, 6.07) is 14.9. The van der Waals surface area contributed by atoms with Gasteiger partial charge in [0.25, 0.3) is 0 Å². The molecule has 0 aliphatic heterocycles. The second kappa shape index (κ2) is 8.16. The van der Waals surface area contributed by atoms with Gasteiger partial charge in [0.2, 0.25) is 0 Å². The number of carboxylic acid groups (broad SMARTS) is 1. The summed E-state index contributed by atoms with van der Waals surface area (Å²) in [7, 11) is 0. The van der Waals surface area contributed by atoms with E-state index in [1.807, 2.05) is 4.57 Å². The lowest BCUT2D eigenvalue weighted by molar-refractivity contribution is 0.0699. The molecular formula is C23H16ClF2NO3. The van der Waals surface area contributed by atoms with Crippen molar-refractivity contribution in [2.24, 2.45) is 0 Å². The number of aromatic carboxylic acids is 1. The number of ether oxygens (including phenoxy) is 1. The Labute approximate surface area is 175 Å². The van der Waals surface area contributed by atoms with E-state index in [9.17, 15) is 18.7 Å². The van der Waals surface area contributed by atoms with Crippen LogP contribution in [0.15, 0.2) is 66.9 Å². The van der Waals surface area contributed by atoms with Crippen LogP contribution in [0.1, 0.15) is 21.5 Å². The molecule has 0 aliphatic rings. The minimum atomic E-state index is -1.01. The molecule has 0 fully saturated rings. The van der Waals surface area contributed by atoms with E-state index in [4.69, 9.17) is 16.3 Å². The fourth-order valence-electron chi connectivity index (χ4n) is 3.35. The predicted molar refractivity (Wildman–Crippen MR) is 110 cm³/mol. The average molecular weight is 428 g/mol. The molecule has 0 bridgehead atoms. The van der Waals surface area contributed by atoms with Crippen LogP contribution in [0.5, 0.6) is 5.75 Å². The molecule has 0 saturated carbocycles. The quantitative estimate of drug-likeness (QED) is 0.417. The molecule has 4 rings (SSSR count). The van der Waals surface area contributed by atoms with Crippen molar-refractivity contribution in [3.63, 3.8) is 0 Å². The summed E-state index contributed by atoms with van der Waals surface area (Å²) in [5, 5.41) is 10.3. The summed E-state index contributed by atoms with van der Waals surface area (Å²) >= 11 is 6.09. The normalized spacial score (nSPS) is 11.0. The Morgan fingerprint density at radius 2 is 1.73 bits per heavy atom. The minimum absolute atomic E-state index is 0.0187. The van der Waals surface area contributed by atoms with Gasteiger partial charge < -0.3 is 14.4 Å². The van der Waals surface area contributed by atoms with Crippen LogP contribution in [0.25, 0.3) is 10.9 Å². The van der Waals surface area contributed by atoms with Gasteiger partial charge in [-0.15, -0.1) is 0 Å². The van der Waals surface area contributed by atoms with Crippen LogP contribution in [-0.4, -0.2) is 15.6 Å². The van der Waals surface area contributed by atoms with E-state index in [-0.39, 0.29) is 18.7 Å². The van der Waals surface area contributed by atoms with Crippen LogP contribution < -0.4 is 4.74 Å². The maximum Gasteiger partial charge on any atom is 0.336 e. The third kappa shape index (κ3) is 4.00. The lowest BCUT2D eigenvalue weighted by atomic mass is 10.1. The van der Waals surface area contributed by atoms with Crippen molar-refractivity contribution >= 4 is 28.5 Å². The summed E-state index contributed by atoms with van der Waals surface area (Å²) in [5.41, 5.74) is 1.94. The minimum Gasteiger partial charge on any atom is -0.488 e. The van der Waals surface area contributed by atoms with Crippen molar-refractivity contribution in [1.29, 1.82) is 0 Å². The first-order valence-electron chi connectivity index (χ1n) is 9.08. The molecule has 1 heterocycles.